The van der Waals surface area contributed by atoms with Crippen LogP contribution in [-0.2, 0) is 20.8 Å². The van der Waals surface area contributed by atoms with Gasteiger partial charge in [0.2, 0.25) is 5.91 Å². The van der Waals surface area contributed by atoms with Crippen molar-refractivity contribution in [2.75, 3.05) is 47.1 Å². The maximum Gasteiger partial charge on any atom is 0.249 e. The van der Waals surface area contributed by atoms with Gasteiger partial charge in [0, 0.05) is 62.6 Å². The Labute approximate surface area is 178 Å². The second-order valence-corrected chi connectivity index (χ2v) is 8.33. The lowest BCUT2D eigenvalue weighted by atomic mass is 9.98. The monoisotopic (exact) mass is 415 g/mol. The molecule has 4 rings (SSSR count). The van der Waals surface area contributed by atoms with E-state index < -0.39 is 0 Å². The van der Waals surface area contributed by atoms with Crippen LogP contribution >= 0.6 is 0 Å². The molecule has 7 nitrogen and oxygen atoms in total. The van der Waals surface area contributed by atoms with Gasteiger partial charge in [0.1, 0.15) is 12.4 Å². The van der Waals surface area contributed by atoms with Crippen LogP contribution in [-0.4, -0.2) is 79.9 Å². The van der Waals surface area contributed by atoms with Crippen molar-refractivity contribution in [2.24, 2.45) is 0 Å². The summed E-state index contributed by atoms with van der Waals surface area (Å²) in [7, 11) is 3.29. The molecule has 0 bridgehead atoms. The average Bonchev–Trinajstić information content (AvgIpc) is 3.17. The van der Waals surface area contributed by atoms with Gasteiger partial charge in [-0.05, 0) is 56.0 Å². The molecule has 0 unspecified atom stereocenters. The fourth-order valence-corrected chi connectivity index (χ4v) is 4.92. The van der Waals surface area contributed by atoms with Gasteiger partial charge in [0.05, 0.1) is 7.11 Å². The molecule has 0 spiro atoms. The number of aromatic amines is 1. The maximum absolute atomic E-state index is 12.9. The molecule has 1 aromatic carbocycles. The molecule has 2 saturated heterocycles. The number of ether oxygens (including phenoxy) is 3. The predicted octanol–water partition coefficient (Wildman–Crippen LogP) is 2.79. The number of piperidine rings is 1. The highest BCUT2D eigenvalue weighted by Gasteiger charge is 2.34. The second kappa shape index (κ2) is 9.81. The fraction of sp³-hybridized carbons (Fsp3) is 0.609. The number of hydrogen-bond donors (Lipinski definition) is 1. The Hall–Kier alpha value is -2.09. The summed E-state index contributed by atoms with van der Waals surface area (Å²) < 4.78 is 16.1. The van der Waals surface area contributed by atoms with Crippen molar-refractivity contribution in [1.82, 2.24) is 14.8 Å². The number of aromatic nitrogens is 1. The van der Waals surface area contributed by atoms with Gasteiger partial charge in [-0.25, -0.2) is 0 Å². The molecule has 2 aromatic rings. The maximum atomic E-state index is 12.9. The molecular weight excluding hydrogens is 382 g/mol. The van der Waals surface area contributed by atoms with Crippen LogP contribution in [0.5, 0.6) is 5.75 Å². The van der Waals surface area contributed by atoms with Crippen LogP contribution in [0.4, 0.5) is 0 Å². The zero-order chi connectivity index (χ0) is 20.9. The van der Waals surface area contributed by atoms with Crippen molar-refractivity contribution >= 4 is 16.8 Å². The number of nitrogens with zero attached hydrogens (tertiary/aromatic N) is 2. The summed E-state index contributed by atoms with van der Waals surface area (Å²) in [5.74, 6) is 0.976. The molecule has 164 valence electrons. The number of methoxy groups -OCH3 is 2. The first-order chi connectivity index (χ1) is 14.7. The SMILES string of the molecule is COCC(=O)N(C1CCOCC1)[C@H]1CCCN(Cc2c[nH]c3ccc(OC)cc23)C1. The van der Waals surface area contributed by atoms with Gasteiger partial charge in [0.15, 0.2) is 0 Å². The first kappa shape index (κ1) is 21.2. The van der Waals surface area contributed by atoms with Crippen LogP contribution in [0.25, 0.3) is 10.9 Å². The zero-order valence-electron chi connectivity index (χ0n) is 18.1. The average molecular weight is 416 g/mol. The Morgan fingerprint density at radius 1 is 1.23 bits per heavy atom. The molecule has 2 aliphatic heterocycles. The molecule has 1 aromatic heterocycles. The van der Waals surface area contributed by atoms with Crippen LogP contribution in [0.1, 0.15) is 31.2 Å². The van der Waals surface area contributed by atoms with E-state index in [9.17, 15) is 4.79 Å². The number of carbonyl (C=O) groups excluding carboxylic acids is 1. The largest absolute Gasteiger partial charge is 0.497 e. The number of nitrogens with one attached hydrogen (secondary N) is 1. The lowest BCUT2D eigenvalue weighted by molar-refractivity contribution is -0.144. The number of hydrogen-bond acceptors (Lipinski definition) is 5. The molecule has 0 aliphatic carbocycles. The van der Waals surface area contributed by atoms with E-state index in [4.69, 9.17) is 14.2 Å². The smallest absolute Gasteiger partial charge is 0.249 e. The van der Waals surface area contributed by atoms with E-state index in [0.717, 1.165) is 69.8 Å². The Bertz CT molecular complexity index is 846. The Morgan fingerprint density at radius 3 is 2.83 bits per heavy atom. The summed E-state index contributed by atoms with van der Waals surface area (Å²) in [4.78, 5) is 20.9. The summed E-state index contributed by atoms with van der Waals surface area (Å²) in [6.07, 6.45) is 6.06. The minimum Gasteiger partial charge on any atom is -0.497 e. The van der Waals surface area contributed by atoms with Crippen molar-refractivity contribution in [3.05, 3.63) is 30.0 Å². The van der Waals surface area contributed by atoms with E-state index in [1.807, 2.05) is 6.07 Å². The number of H-pyrrole nitrogens is 1. The summed E-state index contributed by atoms with van der Waals surface area (Å²) in [5.41, 5.74) is 2.39. The fourth-order valence-electron chi connectivity index (χ4n) is 4.92. The molecule has 30 heavy (non-hydrogen) atoms. The normalized spacial score (nSPS) is 21.1. The lowest BCUT2D eigenvalue weighted by Gasteiger charge is -2.44. The molecular formula is C23H33N3O4. The van der Waals surface area contributed by atoms with Gasteiger partial charge < -0.3 is 24.1 Å². The Balaban J connectivity index is 1.49. The van der Waals surface area contributed by atoms with Gasteiger partial charge >= 0.3 is 0 Å². The van der Waals surface area contributed by atoms with Gasteiger partial charge in [-0.3, -0.25) is 9.69 Å². The van der Waals surface area contributed by atoms with Crippen molar-refractivity contribution < 1.29 is 19.0 Å². The first-order valence-electron chi connectivity index (χ1n) is 10.9. The van der Waals surface area contributed by atoms with Crippen LogP contribution in [0.15, 0.2) is 24.4 Å². The summed E-state index contributed by atoms with van der Waals surface area (Å²) in [6.45, 7) is 4.42. The number of benzene rings is 1. The van der Waals surface area contributed by atoms with Crippen LogP contribution in [0.3, 0.4) is 0 Å². The highest BCUT2D eigenvalue weighted by atomic mass is 16.5. The molecule has 1 N–H and O–H groups in total. The third kappa shape index (κ3) is 4.63. The Morgan fingerprint density at radius 2 is 2.07 bits per heavy atom. The van der Waals surface area contributed by atoms with E-state index >= 15 is 0 Å². The van der Waals surface area contributed by atoms with E-state index in [2.05, 4.69) is 33.1 Å². The third-order valence-electron chi connectivity index (χ3n) is 6.38. The van der Waals surface area contributed by atoms with Gasteiger partial charge in [-0.15, -0.1) is 0 Å². The summed E-state index contributed by atoms with van der Waals surface area (Å²) in [5, 5.41) is 1.20. The zero-order valence-corrected chi connectivity index (χ0v) is 18.1. The van der Waals surface area contributed by atoms with Crippen LogP contribution in [0.2, 0.25) is 0 Å². The summed E-state index contributed by atoms with van der Waals surface area (Å²) in [6, 6.07) is 6.62. The molecule has 0 saturated carbocycles. The number of fused-ring (bicyclic) bond motifs is 1. The van der Waals surface area contributed by atoms with Gasteiger partial charge in [-0.2, -0.15) is 0 Å². The molecule has 3 heterocycles. The number of likely N-dealkylation sites (tertiary alicyclic amines) is 1. The Kier molecular flexibility index (Phi) is 6.92. The van der Waals surface area contributed by atoms with Crippen LogP contribution < -0.4 is 4.74 Å². The number of rotatable bonds is 7. The quantitative estimate of drug-likeness (QED) is 0.753. The standard InChI is InChI=1S/C23H33N3O4/c1-28-16-23(27)26(18-7-10-30-11-8-18)19-4-3-9-25(15-19)14-17-13-24-22-6-5-20(29-2)12-21(17)22/h5-6,12-13,18-19,24H,3-4,7-11,14-16H2,1-2H3/t19-/m0/s1. The van der Waals surface area contributed by atoms with E-state index in [-0.39, 0.29) is 24.6 Å². The molecule has 0 radical (unpaired) electrons. The molecule has 2 fully saturated rings. The first-order valence-corrected chi connectivity index (χ1v) is 10.9. The minimum atomic E-state index is 0.105. The third-order valence-corrected chi connectivity index (χ3v) is 6.38. The second-order valence-electron chi connectivity index (χ2n) is 8.33. The van der Waals surface area contributed by atoms with Gasteiger partial charge in [0.25, 0.3) is 0 Å². The lowest BCUT2D eigenvalue weighted by Crippen LogP contribution is -2.55. The van der Waals surface area contributed by atoms with E-state index in [0.29, 0.717) is 0 Å². The van der Waals surface area contributed by atoms with Crippen molar-refractivity contribution in [1.29, 1.82) is 0 Å². The van der Waals surface area contributed by atoms with Crippen LogP contribution in [0, 0.1) is 0 Å². The van der Waals surface area contributed by atoms with Gasteiger partial charge in [-0.1, -0.05) is 0 Å². The molecule has 1 amide bonds. The molecule has 7 heteroatoms. The van der Waals surface area contributed by atoms with Crippen molar-refractivity contribution in [3.8, 4) is 5.75 Å². The van der Waals surface area contributed by atoms with Crippen molar-refractivity contribution in [2.45, 2.75) is 44.3 Å². The van der Waals surface area contributed by atoms with E-state index in [1.165, 1.54) is 10.9 Å². The predicted molar refractivity (Wildman–Crippen MR) is 116 cm³/mol. The topological polar surface area (TPSA) is 67.0 Å². The van der Waals surface area contributed by atoms with E-state index in [1.54, 1.807) is 14.2 Å². The highest BCUT2D eigenvalue weighted by molar-refractivity contribution is 5.84. The number of carbonyl (C=O) groups is 1. The molecule has 2 aliphatic rings. The highest BCUT2D eigenvalue weighted by Crippen LogP contribution is 2.28. The minimum absolute atomic E-state index is 0.105. The van der Waals surface area contributed by atoms with Crippen molar-refractivity contribution in [3.63, 3.8) is 0 Å². The summed E-state index contributed by atoms with van der Waals surface area (Å²) >= 11 is 0. The molecule has 1 atom stereocenters. The number of amides is 1.